The van der Waals surface area contributed by atoms with Crippen LogP contribution in [0.3, 0.4) is 0 Å². The molecule has 1 aromatic carbocycles. The van der Waals surface area contributed by atoms with Crippen molar-refractivity contribution in [2.75, 3.05) is 14.2 Å². The van der Waals surface area contributed by atoms with Gasteiger partial charge in [-0.1, -0.05) is 0 Å². The van der Waals surface area contributed by atoms with Crippen molar-refractivity contribution in [1.82, 2.24) is 0 Å². The number of aromatic hydroxyl groups is 1. The molecule has 4 heteroatoms. The van der Waals surface area contributed by atoms with Gasteiger partial charge in [0.15, 0.2) is 11.5 Å². The van der Waals surface area contributed by atoms with E-state index in [-0.39, 0.29) is 5.75 Å². The number of nitrogens with zero attached hydrogens (tertiary/aromatic N) is 1. The molecule has 0 heterocycles. The fourth-order valence-corrected chi connectivity index (χ4v) is 1.29. The van der Waals surface area contributed by atoms with Crippen molar-refractivity contribution in [1.29, 1.82) is 5.26 Å². The normalized spacial score (nSPS) is 9.40. The van der Waals surface area contributed by atoms with Crippen LogP contribution in [0.25, 0.3) is 0 Å². The zero-order chi connectivity index (χ0) is 11.3. The molecule has 1 aromatic rings. The van der Waals surface area contributed by atoms with Gasteiger partial charge in [-0.3, -0.25) is 0 Å². The average Bonchev–Trinajstić information content (AvgIpc) is 2.27. The molecule has 80 valence electrons. The van der Waals surface area contributed by atoms with Crippen LogP contribution in [0.15, 0.2) is 12.1 Å². The quantitative estimate of drug-likeness (QED) is 0.818. The molecule has 0 atom stereocenters. The minimum atomic E-state index is -0.0132. The molecular formula is C11H13NO3. The lowest BCUT2D eigenvalue weighted by Gasteiger charge is -2.10. The van der Waals surface area contributed by atoms with Crippen LogP contribution >= 0.6 is 0 Å². The van der Waals surface area contributed by atoms with Crippen molar-refractivity contribution in [2.45, 2.75) is 12.8 Å². The first kappa shape index (κ1) is 11.2. The molecular weight excluding hydrogens is 194 g/mol. The number of nitriles is 1. The third-order valence-corrected chi connectivity index (χ3v) is 2.07. The van der Waals surface area contributed by atoms with Gasteiger partial charge >= 0.3 is 0 Å². The third-order valence-electron chi connectivity index (χ3n) is 2.07. The van der Waals surface area contributed by atoms with Crippen molar-refractivity contribution in [3.63, 3.8) is 0 Å². The summed E-state index contributed by atoms with van der Waals surface area (Å²) in [6.45, 7) is 0. The van der Waals surface area contributed by atoms with Crippen LogP contribution < -0.4 is 9.47 Å². The van der Waals surface area contributed by atoms with Crippen LogP contribution in [-0.2, 0) is 6.42 Å². The Labute approximate surface area is 88.7 Å². The van der Waals surface area contributed by atoms with Crippen LogP contribution in [-0.4, -0.2) is 19.3 Å². The fourth-order valence-electron chi connectivity index (χ4n) is 1.29. The largest absolute Gasteiger partial charge is 0.502 e. The zero-order valence-electron chi connectivity index (χ0n) is 8.78. The molecule has 1 N–H and O–H groups in total. The van der Waals surface area contributed by atoms with Crippen molar-refractivity contribution in [2.24, 2.45) is 0 Å². The Hall–Kier alpha value is -1.89. The molecule has 1 rings (SSSR count). The molecule has 0 amide bonds. The predicted octanol–water partition coefficient (Wildman–Crippen LogP) is 1.87. The molecule has 0 saturated carbocycles. The summed E-state index contributed by atoms with van der Waals surface area (Å²) in [5, 5.41) is 18.1. The first-order valence-electron chi connectivity index (χ1n) is 4.53. The maximum Gasteiger partial charge on any atom is 0.200 e. The van der Waals surface area contributed by atoms with E-state index in [9.17, 15) is 5.11 Å². The molecule has 0 radical (unpaired) electrons. The van der Waals surface area contributed by atoms with E-state index in [1.807, 2.05) is 0 Å². The van der Waals surface area contributed by atoms with Crippen LogP contribution in [0.5, 0.6) is 17.2 Å². The molecule has 0 unspecified atom stereocenters. The Kier molecular flexibility index (Phi) is 3.81. The highest BCUT2D eigenvalue weighted by molar-refractivity contribution is 5.52. The highest BCUT2D eigenvalue weighted by atomic mass is 16.5. The highest BCUT2D eigenvalue weighted by Gasteiger charge is 2.10. The van der Waals surface area contributed by atoms with Crippen LogP contribution in [0.1, 0.15) is 12.0 Å². The van der Waals surface area contributed by atoms with Crippen molar-refractivity contribution in [3.8, 4) is 23.3 Å². The van der Waals surface area contributed by atoms with Gasteiger partial charge in [0, 0.05) is 6.42 Å². The summed E-state index contributed by atoms with van der Waals surface area (Å²) in [6, 6.07) is 5.47. The van der Waals surface area contributed by atoms with Gasteiger partial charge in [0.1, 0.15) is 0 Å². The number of hydrogen-bond acceptors (Lipinski definition) is 4. The van der Waals surface area contributed by atoms with Gasteiger partial charge in [-0.05, 0) is 24.1 Å². The maximum atomic E-state index is 9.62. The number of rotatable bonds is 4. The number of phenolic OH excluding ortho intramolecular Hbond substituents is 1. The van der Waals surface area contributed by atoms with Gasteiger partial charge in [-0.2, -0.15) is 5.26 Å². The Bertz CT molecular complexity index is 357. The Balaban J connectivity index is 3.04. The Morgan fingerprint density at radius 1 is 1.27 bits per heavy atom. The third kappa shape index (κ3) is 2.53. The van der Waals surface area contributed by atoms with E-state index in [4.69, 9.17) is 14.7 Å². The predicted molar refractivity (Wildman–Crippen MR) is 55.1 cm³/mol. The Morgan fingerprint density at radius 3 is 2.20 bits per heavy atom. The summed E-state index contributed by atoms with van der Waals surface area (Å²) >= 11 is 0. The minimum Gasteiger partial charge on any atom is -0.502 e. The first-order valence-corrected chi connectivity index (χ1v) is 4.53. The summed E-state index contributed by atoms with van der Waals surface area (Å²) in [4.78, 5) is 0. The number of hydrogen-bond donors (Lipinski definition) is 1. The molecule has 0 aromatic heterocycles. The average molecular weight is 207 g/mol. The topological polar surface area (TPSA) is 62.5 Å². The standard InChI is InChI=1S/C11H13NO3/c1-14-9-6-8(4-3-5-12)7-10(15-2)11(9)13/h6-7,13H,3-4H2,1-2H3. The summed E-state index contributed by atoms with van der Waals surface area (Å²) in [7, 11) is 2.95. The molecule has 4 nitrogen and oxygen atoms in total. The summed E-state index contributed by atoms with van der Waals surface area (Å²) < 4.78 is 9.99. The second-order valence-electron chi connectivity index (χ2n) is 3.01. The van der Waals surface area contributed by atoms with Crippen LogP contribution in [0.4, 0.5) is 0 Å². The lowest BCUT2D eigenvalue weighted by Crippen LogP contribution is -1.92. The van der Waals surface area contributed by atoms with Crippen molar-refractivity contribution >= 4 is 0 Å². The lowest BCUT2D eigenvalue weighted by atomic mass is 10.1. The van der Waals surface area contributed by atoms with E-state index in [1.54, 1.807) is 12.1 Å². The molecule has 0 spiro atoms. The van der Waals surface area contributed by atoms with E-state index in [0.717, 1.165) is 5.56 Å². The molecule has 0 aliphatic rings. The van der Waals surface area contributed by atoms with Gasteiger partial charge in [-0.15, -0.1) is 0 Å². The molecule has 0 saturated heterocycles. The number of ether oxygens (including phenoxy) is 2. The van der Waals surface area contributed by atoms with Crippen molar-refractivity contribution < 1.29 is 14.6 Å². The minimum absolute atomic E-state index is 0.0132. The van der Waals surface area contributed by atoms with E-state index < -0.39 is 0 Å². The lowest BCUT2D eigenvalue weighted by molar-refractivity contribution is 0.339. The van der Waals surface area contributed by atoms with Gasteiger partial charge in [0.05, 0.1) is 20.3 Å². The van der Waals surface area contributed by atoms with Gasteiger partial charge in [0.25, 0.3) is 0 Å². The number of aryl methyl sites for hydroxylation is 1. The maximum absolute atomic E-state index is 9.62. The summed E-state index contributed by atoms with van der Waals surface area (Å²) in [5.74, 6) is 0.713. The Morgan fingerprint density at radius 2 is 1.80 bits per heavy atom. The van der Waals surface area contributed by atoms with Crippen LogP contribution in [0, 0.1) is 11.3 Å². The highest BCUT2D eigenvalue weighted by Crippen LogP contribution is 2.37. The summed E-state index contributed by atoms with van der Waals surface area (Å²) in [6.07, 6.45) is 1.04. The van der Waals surface area contributed by atoms with Crippen LogP contribution in [0.2, 0.25) is 0 Å². The number of benzene rings is 1. The van der Waals surface area contributed by atoms with Gasteiger partial charge < -0.3 is 14.6 Å². The smallest absolute Gasteiger partial charge is 0.200 e. The number of methoxy groups -OCH3 is 2. The monoisotopic (exact) mass is 207 g/mol. The molecule has 15 heavy (non-hydrogen) atoms. The van der Waals surface area contributed by atoms with E-state index >= 15 is 0 Å². The zero-order valence-corrected chi connectivity index (χ0v) is 8.78. The van der Waals surface area contributed by atoms with E-state index in [0.29, 0.717) is 24.3 Å². The molecule has 0 fully saturated rings. The van der Waals surface area contributed by atoms with E-state index in [1.165, 1.54) is 14.2 Å². The van der Waals surface area contributed by atoms with E-state index in [2.05, 4.69) is 6.07 Å². The fraction of sp³-hybridized carbons (Fsp3) is 0.364. The molecule has 0 bridgehead atoms. The first-order chi connectivity index (χ1) is 7.22. The second kappa shape index (κ2) is 5.11. The second-order valence-corrected chi connectivity index (χ2v) is 3.01. The number of phenols is 1. The van der Waals surface area contributed by atoms with Gasteiger partial charge in [0.2, 0.25) is 5.75 Å². The molecule has 0 aliphatic carbocycles. The SMILES string of the molecule is COc1cc(CCC#N)cc(OC)c1O. The molecule has 0 aliphatic heterocycles. The van der Waals surface area contributed by atoms with Gasteiger partial charge in [-0.25, -0.2) is 0 Å². The summed E-state index contributed by atoms with van der Waals surface area (Å²) in [5.41, 5.74) is 0.906. The van der Waals surface area contributed by atoms with Crippen molar-refractivity contribution in [3.05, 3.63) is 17.7 Å².